The van der Waals surface area contributed by atoms with E-state index in [0.29, 0.717) is 28.7 Å². The van der Waals surface area contributed by atoms with Gasteiger partial charge >= 0.3 is 5.97 Å². The highest BCUT2D eigenvalue weighted by Crippen LogP contribution is 2.71. The number of fused-ring (bicyclic) bond motifs is 2. The summed E-state index contributed by atoms with van der Waals surface area (Å²) < 4.78 is 5.49. The first-order valence-corrected chi connectivity index (χ1v) is 8.73. The summed E-state index contributed by atoms with van der Waals surface area (Å²) in [6.45, 7) is 3.49. The molecule has 0 aromatic heterocycles. The van der Waals surface area contributed by atoms with Crippen LogP contribution in [0.15, 0.2) is 16.9 Å². The smallest absolute Gasteiger partial charge is 0.316 e. The van der Waals surface area contributed by atoms with Crippen LogP contribution in [0, 0.1) is 24.2 Å². The van der Waals surface area contributed by atoms with Crippen LogP contribution in [-0.4, -0.2) is 33.5 Å². The zero-order valence-corrected chi connectivity index (χ0v) is 14.0. The molecule has 6 heteroatoms. The lowest BCUT2D eigenvalue weighted by atomic mass is 9.46. The predicted molar refractivity (Wildman–Crippen MR) is 85.6 cm³/mol. The van der Waals surface area contributed by atoms with Gasteiger partial charge in [-0.2, -0.15) is 0 Å². The Morgan fingerprint density at radius 3 is 2.68 bits per heavy atom. The number of ether oxygens (including phenoxy) is 1. The van der Waals surface area contributed by atoms with E-state index in [1.165, 1.54) is 12.1 Å². The van der Waals surface area contributed by atoms with E-state index in [4.69, 9.17) is 4.74 Å². The second-order valence-corrected chi connectivity index (χ2v) is 8.05. The molecule has 1 saturated carbocycles. The van der Waals surface area contributed by atoms with Gasteiger partial charge in [-0.25, -0.2) is 0 Å². The number of carbonyl (C=O) groups is 1. The van der Waals surface area contributed by atoms with E-state index in [-0.39, 0.29) is 11.8 Å². The molecule has 3 N–H and O–H groups in total. The van der Waals surface area contributed by atoms with Crippen LogP contribution in [0.5, 0.6) is 0 Å². The Kier molecular flexibility index (Phi) is 2.67. The first kappa shape index (κ1) is 15.5. The molecule has 3 fully saturated rings. The van der Waals surface area contributed by atoms with E-state index in [2.05, 4.69) is 0 Å². The average Bonchev–Trinajstić information content (AvgIpc) is 2.68. The molecule has 1 aromatic carbocycles. The van der Waals surface area contributed by atoms with Crippen molar-refractivity contribution in [3.63, 3.8) is 0 Å². The highest BCUT2D eigenvalue weighted by molar-refractivity contribution is 5.84. The summed E-state index contributed by atoms with van der Waals surface area (Å²) in [6.07, 6.45) is -2.28. The number of aliphatic hydroxyl groups is 3. The van der Waals surface area contributed by atoms with Crippen molar-refractivity contribution in [1.29, 1.82) is 0 Å². The van der Waals surface area contributed by atoms with Crippen LogP contribution in [0.25, 0.3) is 0 Å². The Labute approximate surface area is 144 Å². The zero-order valence-electron chi connectivity index (χ0n) is 14.0. The lowest BCUT2D eigenvalue weighted by molar-refractivity contribution is -0.313. The van der Waals surface area contributed by atoms with Gasteiger partial charge in [0.15, 0.2) is 5.43 Å². The van der Waals surface area contributed by atoms with Crippen LogP contribution in [0.3, 0.4) is 0 Å². The van der Waals surface area contributed by atoms with Gasteiger partial charge in [0.05, 0.1) is 18.1 Å². The Hall–Kier alpha value is -1.76. The number of aliphatic hydroxyl groups excluding tert-OH is 2. The van der Waals surface area contributed by atoms with Crippen molar-refractivity contribution in [3.8, 4) is 0 Å². The zero-order chi connectivity index (χ0) is 17.9. The van der Waals surface area contributed by atoms with E-state index >= 15 is 0 Å². The van der Waals surface area contributed by atoms with E-state index in [1.807, 2.05) is 0 Å². The molecule has 3 aliphatic carbocycles. The fraction of sp³-hybridized carbons (Fsp3) is 0.579. The van der Waals surface area contributed by atoms with E-state index in [1.54, 1.807) is 13.8 Å². The van der Waals surface area contributed by atoms with Gasteiger partial charge in [-0.3, -0.25) is 9.59 Å². The lowest BCUT2D eigenvalue weighted by Gasteiger charge is -2.63. The van der Waals surface area contributed by atoms with Gasteiger partial charge < -0.3 is 20.1 Å². The summed E-state index contributed by atoms with van der Waals surface area (Å²) in [7, 11) is 0. The molecule has 25 heavy (non-hydrogen) atoms. The predicted octanol–water partition coefficient (Wildman–Crippen LogP) is 0.0746. The minimum absolute atomic E-state index is 0.179. The molecule has 0 amide bonds. The third-order valence-electron chi connectivity index (χ3n) is 7.25. The Morgan fingerprint density at radius 2 is 1.96 bits per heavy atom. The van der Waals surface area contributed by atoms with Crippen molar-refractivity contribution in [2.45, 2.75) is 50.6 Å². The molecule has 0 radical (unpaired) electrons. The van der Waals surface area contributed by atoms with E-state index < -0.39 is 47.1 Å². The van der Waals surface area contributed by atoms with Gasteiger partial charge in [0.2, 0.25) is 0 Å². The maximum absolute atomic E-state index is 12.9. The van der Waals surface area contributed by atoms with Gasteiger partial charge in [0.1, 0.15) is 17.1 Å². The van der Waals surface area contributed by atoms with Crippen LogP contribution < -0.4 is 5.43 Å². The van der Waals surface area contributed by atoms with Crippen molar-refractivity contribution < 1.29 is 24.9 Å². The van der Waals surface area contributed by atoms with Crippen molar-refractivity contribution >= 4 is 5.97 Å². The number of carbonyl (C=O) groups excluding carboxylic acids is 1. The summed E-state index contributed by atoms with van der Waals surface area (Å²) in [5.41, 5.74) is -0.798. The summed E-state index contributed by atoms with van der Waals surface area (Å²) in [4.78, 5) is 25.0. The molecule has 2 saturated heterocycles. The van der Waals surface area contributed by atoms with Crippen molar-refractivity contribution in [3.05, 3.63) is 44.6 Å². The van der Waals surface area contributed by atoms with Gasteiger partial charge in [0, 0.05) is 5.92 Å². The molecule has 0 unspecified atom stereocenters. The molecule has 1 spiro atoms. The van der Waals surface area contributed by atoms with Crippen LogP contribution >= 0.6 is 0 Å². The monoisotopic (exact) mass is 344 g/mol. The number of aryl methyl sites for hydroxylation is 2. The van der Waals surface area contributed by atoms with Gasteiger partial charge in [-0.05, 0) is 54.2 Å². The molecule has 5 aliphatic rings. The number of rotatable bonds is 0. The fourth-order valence-corrected chi connectivity index (χ4v) is 6.19. The molecule has 2 heterocycles. The van der Waals surface area contributed by atoms with Gasteiger partial charge in [0.25, 0.3) is 0 Å². The van der Waals surface area contributed by atoms with Crippen LogP contribution in [0.4, 0.5) is 0 Å². The molecule has 132 valence electrons. The van der Waals surface area contributed by atoms with Crippen LogP contribution in [-0.2, 0) is 21.6 Å². The molecular weight excluding hydrogens is 324 g/mol. The summed E-state index contributed by atoms with van der Waals surface area (Å²) in [6, 6.07) is 2.95. The lowest BCUT2D eigenvalue weighted by Crippen LogP contribution is -2.75. The van der Waals surface area contributed by atoms with E-state index in [0.717, 1.165) is 0 Å². The molecule has 6 nitrogen and oxygen atoms in total. The Morgan fingerprint density at radius 1 is 1.24 bits per heavy atom. The third-order valence-corrected chi connectivity index (χ3v) is 7.25. The molecule has 7 atom stereocenters. The highest BCUT2D eigenvalue weighted by Gasteiger charge is 2.79. The summed E-state index contributed by atoms with van der Waals surface area (Å²) >= 11 is 0. The minimum Gasteiger partial charge on any atom is -0.459 e. The van der Waals surface area contributed by atoms with Crippen molar-refractivity contribution in [2.75, 3.05) is 0 Å². The maximum atomic E-state index is 12.9. The normalized spacial score (nSPS) is 46.0. The highest BCUT2D eigenvalue weighted by atomic mass is 16.6. The number of hydrogen-bond donors (Lipinski definition) is 3. The molecule has 1 aromatic rings. The first-order chi connectivity index (χ1) is 11.7. The summed E-state index contributed by atoms with van der Waals surface area (Å²) in [5, 5.41) is 33.6. The fourth-order valence-electron chi connectivity index (χ4n) is 6.19. The second-order valence-electron chi connectivity index (χ2n) is 8.05. The van der Waals surface area contributed by atoms with E-state index in [9.17, 15) is 24.9 Å². The maximum Gasteiger partial charge on any atom is 0.316 e. The molecular formula is C19H20O6. The standard InChI is InChI=1S/C19H20O6/c1-7-5-10(20)6-9-3-4-18-8(2)14(21)16(25-17(18)23)13-15(22)11(7)12(9)19(13,18)24/h5-6,8,13-16,21-22,24H,3-4H2,1-2H3/t8-,13-,14+,15-,16-,18+,19-/m1/s1. The van der Waals surface area contributed by atoms with Crippen molar-refractivity contribution in [1.82, 2.24) is 0 Å². The van der Waals surface area contributed by atoms with Crippen molar-refractivity contribution in [2.24, 2.45) is 17.3 Å². The number of esters is 1. The Bertz CT molecular complexity index is 894. The number of hydrogen-bond acceptors (Lipinski definition) is 6. The Balaban J connectivity index is 1.95. The SMILES string of the molecule is Cc1cc(=O)cc2c3c1[C@@H](O)[C@@H]1[C@H]4OC(=O)[C@](CC2)([C@H](C)[C@@H]4O)[C@@]31O. The van der Waals surface area contributed by atoms with Crippen LogP contribution in [0.2, 0.25) is 0 Å². The third kappa shape index (κ3) is 1.38. The van der Waals surface area contributed by atoms with Gasteiger partial charge in [-0.1, -0.05) is 6.92 Å². The quantitative estimate of drug-likeness (QED) is 0.576. The minimum atomic E-state index is -1.62. The largest absolute Gasteiger partial charge is 0.459 e. The second kappa shape index (κ2) is 4.31. The average molecular weight is 344 g/mol. The molecule has 2 bridgehead atoms. The first-order valence-electron chi connectivity index (χ1n) is 8.73. The molecule has 6 rings (SSSR count). The van der Waals surface area contributed by atoms with Crippen LogP contribution in [0.1, 0.15) is 41.7 Å². The summed E-state index contributed by atoms with van der Waals surface area (Å²) in [5.74, 6) is -1.82. The topological polar surface area (TPSA) is 104 Å². The molecule has 2 aliphatic heterocycles. The van der Waals surface area contributed by atoms with Gasteiger partial charge in [-0.15, -0.1) is 0 Å².